The average molecular weight is 407 g/mol. The molecule has 0 amide bonds. The molecule has 2 fully saturated rings. The summed E-state index contributed by atoms with van der Waals surface area (Å²) in [4.78, 5) is 12.4. The van der Waals surface area contributed by atoms with Crippen LogP contribution in [0.25, 0.3) is 0 Å². The number of carbonyl (C=O) groups excluding carboxylic acids is 1. The average Bonchev–Trinajstić information content (AvgIpc) is 2.98. The molecule has 0 radical (unpaired) electrons. The number of carbonyl (C=O) groups is 1. The van der Waals surface area contributed by atoms with Gasteiger partial charge < -0.3 is 18.6 Å². The molecule has 0 unspecified atom stereocenters. The summed E-state index contributed by atoms with van der Waals surface area (Å²) in [6, 6.07) is 0. The van der Waals surface area contributed by atoms with Crippen molar-refractivity contribution in [3.05, 3.63) is 11.6 Å². The van der Waals surface area contributed by atoms with Crippen molar-refractivity contribution in [2.75, 3.05) is 7.11 Å². The highest BCUT2D eigenvalue weighted by molar-refractivity contribution is 6.74. The van der Waals surface area contributed by atoms with Crippen LogP contribution in [0, 0.1) is 12.3 Å². The van der Waals surface area contributed by atoms with E-state index < -0.39 is 31.9 Å². The third-order valence-electron chi connectivity index (χ3n) is 6.82. The highest BCUT2D eigenvalue weighted by Gasteiger charge is 2.60. The Labute approximate surface area is 170 Å². The zero-order valence-corrected chi connectivity index (χ0v) is 19.1. The third-order valence-corrected chi connectivity index (χ3v) is 11.3. The molecule has 156 valence electrons. The van der Waals surface area contributed by atoms with Crippen LogP contribution in [0.5, 0.6) is 0 Å². The van der Waals surface area contributed by atoms with Crippen molar-refractivity contribution in [3.63, 3.8) is 0 Å². The van der Waals surface area contributed by atoms with E-state index in [2.05, 4.69) is 39.8 Å². The van der Waals surface area contributed by atoms with Crippen LogP contribution >= 0.6 is 0 Å². The fourth-order valence-corrected chi connectivity index (χ4v) is 5.69. The Bertz CT molecular complexity index is 693. The van der Waals surface area contributed by atoms with Gasteiger partial charge in [0.25, 0.3) is 0 Å². The van der Waals surface area contributed by atoms with Gasteiger partial charge in [0.05, 0.1) is 7.11 Å². The molecule has 28 heavy (non-hydrogen) atoms. The monoisotopic (exact) mass is 406 g/mol. The van der Waals surface area contributed by atoms with E-state index in [-0.39, 0.29) is 17.4 Å². The molecule has 1 aliphatic heterocycles. The highest BCUT2D eigenvalue weighted by Crippen LogP contribution is 2.50. The number of hydrogen-bond donors (Lipinski definition) is 0. The molecular formula is C22H34O5Si. The molecule has 5 nitrogen and oxygen atoms in total. The lowest BCUT2D eigenvalue weighted by atomic mass is 9.81. The SMILES string of the molecule is C#C[C@]1(O[Si](C)(C)C(C)(C)C)CC(C(=O)OC)=C[C@H]2OC3(CCCCC3)O[C@H]21. The summed E-state index contributed by atoms with van der Waals surface area (Å²) in [7, 11) is -0.853. The number of methoxy groups -OCH3 is 1. The topological polar surface area (TPSA) is 54.0 Å². The Hall–Kier alpha value is -1.13. The summed E-state index contributed by atoms with van der Waals surface area (Å²) in [6.45, 7) is 10.9. The van der Waals surface area contributed by atoms with E-state index in [0.717, 1.165) is 25.7 Å². The molecule has 1 saturated carbocycles. The highest BCUT2D eigenvalue weighted by atomic mass is 28.4. The van der Waals surface area contributed by atoms with E-state index >= 15 is 0 Å². The predicted molar refractivity (Wildman–Crippen MR) is 110 cm³/mol. The van der Waals surface area contributed by atoms with E-state index in [0.29, 0.717) is 5.57 Å². The minimum absolute atomic E-state index is 0.0269. The van der Waals surface area contributed by atoms with E-state index in [9.17, 15) is 4.79 Å². The van der Waals surface area contributed by atoms with Gasteiger partial charge in [-0.05, 0) is 37.0 Å². The van der Waals surface area contributed by atoms with E-state index in [1.165, 1.54) is 13.5 Å². The number of esters is 1. The Balaban J connectivity index is 2.01. The number of ether oxygens (including phenoxy) is 3. The van der Waals surface area contributed by atoms with Crippen LogP contribution in [0.15, 0.2) is 11.6 Å². The quantitative estimate of drug-likeness (QED) is 0.397. The lowest BCUT2D eigenvalue weighted by Gasteiger charge is -2.47. The first-order valence-corrected chi connectivity index (χ1v) is 13.2. The minimum atomic E-state index is -2.24. The second kappa shape index (κ2) is 7.28. The van der Waals surface area contributed by atoms with Gasteiger partial charge in [0.2, 0.25) is 0 Å². The summed E-state index contributed by atoms with van der Waals surface area (Å²) in [5.41, 5.74) is -0.524. The molecule has 1 saturated heterocycles. The summed E-state index contributed by atoms with van der Waals surface area (Å²) >= 11 is 0. The molecule has 6 heteroatoms. The van der Waals surface area contributed by atoms with Gasteiger partial charge in [0, 0.05) is 24.8 Å². The lowest BCUT2D eigenvalue weighted by Crippen LogP contribution is -2.59. The van der Waals surface area contributed by atoms with Crippen molar-refractivity contribution in [2.45, 2.75) is 101 Å². The van der Waals surface area contributed by atoms with Crippen molar-refractivity contribution in [1.29, 1.82) is 0 Å². The van der Waals surface area contributed by atoms with Crippen LogP contribution in [0.1, 0.15) is 59.3 Å². The van der Waals surface area contributed by atoms with E-state index in [1.807, 2.05) is 6.08 Å². The number of fused-ring (bicyclic) bond motifs is 1. The van der Waals surface area contributed by atoms with Crippen molar-refractivity contribution >= 4 is 14.3 Å². The molecule has 1 heterocycles. The molecule has 0 aromatic carbocycles. The maximum atomic E-state index is 12.4. The van der Waals surface area contributed by atoms with E-state index in [1.54, 1.807) is 0 Å². The molecule has 3 aliphatic rings. The zero-order chi connectivity index (χ0) is 20.8. The van der Waals surface area contributed by atoms with Gasteiger partial charge in [0.1, 0.15) is 12.2 Å². The van der Waals surface area contributed by atoms with Crippen LogP contribution in [-0.4, -0.2) is 45.0 Å². The molecule has 0 bridgehead atoms. The van der Waals surface area contributed by atoms with Gasteiger partial charge in [-0.15, -0.1) is 6.42 Å². The van der Waals surface area contributed by atoms with Crippen LogP contribution in [-0.2, 0) is 23.4 Å². The summed E-state index contributed by atoms with van der Waals surface area (Å²) < 4.78 is 24.8. The second-order valence-electron chi connectivity index (χ2n) is 9.85. The third kappa shape index (κ3) is 3.70. The molecule has 3 rings (SSSR count). The first-order chi connectivity index (χ1) is 13.0. The standard InChI is InChI=1S/C22H34O5Si/c1-8-21(27-28(6,7)20(2,3)4)15-16(19(23)24-5)14-17-18(21)26-22(25-17)12-10-9-11-13-22/h1,14,17-18H,9-13,15H2,2-7H3/t17-,18-,21+/m1/s1. The maximum absolute atomic E-state index is 12.4. The smallest absolute Gasteiger partial charge is 0.333 e. The molecule has 0 aromatic heterocycles. The van der Waals surface area contributed by atoms with Crippen molar-refractivity contribution < 1.29 is 23.4 Å². The normalized spacial score (nSPS) is 32.4. The van der Waals surface area contributed by atoms with Crippen molar-refractivity contribution in [3.8, 4) is 12.3 Å². The van der Waals surface area contributed by atoms with Crippen molar-refractivity contribution in [2.24, 2.45) is 0 Å². The number of hydrogen-bond acceptors (Lipinski definition) is 5. The van der Waals surface area contributed by atoms with Gasteiger partial charge >= 0.3 is 5.97 Å². The number of terminal acetylenes is 1. The molecule has 2 aliphatic carbocycles. The molecule has 3 atom stereocenters. The van der Waals surface area contributed by atoms with Gasteiger partial charge in [-0.1, -0.05) is 33.1 Å². The lowest BCUT2D eigenvalue weighted by molar-refractivity contribution is -0.201. The molecular weight excluding hydrogens is 372 g/mol. The molecule has 1 spiro atoms. The van der Waals surface area contributed by atoms with Crippen LogP contribution < -0.4 is 0 Å². The van der Waals surface area contributed by atoms with Crippen molar-refractivity contribution in [1.82, 2.24) is 0 Å². The largest absolute Gasteiger partial charge is 0.466 e. The molecule has 0 aromatic rings. The first kappa shape index (κ1) is 21.6. The maximum Gasteiger partial charge on any atom is 0.333 e. The van der Waals surface area contributed by atoms with Gasteiger partial charge in [-0.2, -0.15) is 0 Å². The van der Waals surface area contributed by atoms with Crippen LogP contribution in [0.4, 0.5) is 0 Å². The fourth-order valence-electron chi connectivity index (χ4n) is 4.22. The van der Waals surface area contributed by atoms with E-state index in [4.69, 9.17) is 25.1 Å². The Morgan fingerprint density at radius 3 is 2.43 bits per heavy atom. The fraction of sp³-hybridized carbons (Fsp3) is 0.773. The van der Waals surface area contributed by atoms with Gasteiger partial charge in [-0.25, -0.2) is 4.79 Å². The first-order valence-electron chi connectivity index (χ1n) is 10.3. The Morgan fingerprint density at radius 2 is 1.89 bits per heavy atom. The second-order valence-corrected chi connectivity index (χ2v) is 14.6. The zero-order valence-electron chi connectivity index (χ0n) is 18.1. The summed E-state index contributed by atoms with van der Waals surface area (Å²) in [5.74, 6) is 1.91. The Morgan fingerprint density at radius 1 is 1.25 bits per heavy atom. The predicted octanol–water partition coefficient (Wildman–Crippen LogP) is 4.33. The number of rotatable bonds is 3. The summed E-state index contributed by atoms with van der Waals surface area (Å²) in [5, 5.41) is -0.0269. The molecule has 0 N–H and O–H groups in total. The Kier molecular flexibility index (Phi) is 5.61. The van der Waals surface area contributed by atoms with Crippen LogP contribution in [0.2, 0.25) is 18.1 Å². The minimum Gasteiger partial charge on any atom is -0.466 e. The van der Waals surface area contributed by atoms with Crippen LogP contribution in [0.3, 0.4) is 0 Å². The van der Waals surface area contributed by atoms with Gasteiger partial charge in [0.15, 0.2) is 19.7 Å². The summed E-state index contributed by atoms with van der Waals surface area (Å²) in [6.07, 6.45) is 12.4. The van der Waals surface area contributed by atoms with Gasteiger partial charge in [-0.3, -0.25) is 0 Å².